The first-order chi connectivity index (χ1) is 10.3. The Kier molecular flexibility index (Phi) is 3.77. The number of rotatable bonds is 4. The van der Waals surface area contributed by atoms with E-state index in [2.05, 4.69) is 10.1 Å². The second-order valence-electron chi connectivity index (χ2n) is 5.30. The number of nitrogens with zero attached hydrogens (tertiary/aromatic N) is 2. The first kappa shape index (κ1) is 13.9. The number of ether oxygens (including phenoxy) is 1. The van der Waals surface area contributed by atoms with E-state index < -0.39 is 5.41 Å². The lowest BCUT2D eigenvalue weighted by Gasteiger charge is -2.31. The monoisotopic (exact) mass is 290 g/mol. The Balaban J connectivity index is 1.95. The van der Waals surface area contributed by atoms with Gasteiger partial charge in [0.2, 0.25) is 11.7 Å². The minimum absolute atomic E-state index is 0.257. The molecule has 1 aliphatic carbocycles. The van der Waals surface area contributed by atoms with Gasteiger partial charge in [-0.3, -0.25) is 4.79 Å². The molecule has 6 nitrogen and oxygen atoms in total. The van der Waals surface area contributed by atoms with Gasteiger partial charge in [0.05, 0.1) is 18.4 Å². The van der Waals surface area contributed by atoms with Crippen molar-refractivity contribution in [3.8, 4) is 11.4 Å². The normalized spacial score (nSPS) is 17.6. The standard InChI is InChI=1S/C15H18N2O4/c1-2-20-14(18)15(7-4-3-5-8-15)13-16-12(17-21-13)11-6-9-19-10-11/h6,9-10H,2-5,7-8H2,1H3. The number of carbonyl (C=O) groups is 1. The largest absolute Gasteiger partial charge is 0.472 e. The molecule has 0 radical (unpaired) electrons. The zero-order chi connectivity index (χ0) is 14.7. The van der Waals surface area contributed by atoms with Crippen molar-refractivity contribution < 1.29 is 18.5 Å². The van der Waals surface area contributed by atoms with Gasteiger partial charge in [-0.25, -0.2) is 0 Å². The van der Waals surface area contributed by atoms with Crippen LogP contribution < -0.4 is 0 Å². The molecule has 0 saturated heterocycles. The zero-order valence-corrected chi connectivity index (χ0v) is 12.0. The van der Waals surface area contributed by atoms with Gasteiger partial charge in [0.1, 0.15) is 11.7 Å². The van der Waals surface area contributed by atoms with Crippen LogP contribution in [0.4, 0.5) is 0 Å². The van der Waals surface area contributed by atoms with E-state index in [9.17, 15) is 4.79 Å². The lowest BCUT2D eigenvalue weighted by molar-refractivity contribution is -0.152. The van der Waals surface area contributed by atoms with E-state index >= 15 is 0 Å². The maximum Gasteiger partial charge on any atom is 0.321 e. The summed E-state index contributed by atoms with van der Waals surface area (Å²) < 4.78 is 15.7. The third kappa shape index (κ3) is 2.46. The predicted molar refractivity (Wildman–Crippen MR) is 73.4 cm³/mol. The Morgan fingerprint density at radius 1 is 1.38 bits per heavy atom. The first-order valence-corrected chi connectivity index (χ1v) is 7.30. The first-order valence-electron chi connectivity index (χ1n) is 7.30. The molecule has 0 unspecified atom stereocenters. The fraction of sp³-hybridized carbons (Fsp3) is 0.533. The van der Waals surface area contributed by atoms with E-state index in [0.29, 0.717) is 31.2 Å². The van der Waals surface area contributed by atoms with Gasteiger partial charge in [-0.05, 0) is 25.8 Å². The summed E-state index contributed by atoms with van der Waals surface area (Å²) in [4.78, 5) is 16.9. The van der Waals surface area contributed by atoms with Gasteiger partial charge in [-0.15, -0.1) is 0 Å². The van der Waals surface area contributed by atoms with Gasteiger partial charge in [-0.1, -0.05) is 24.4 Å². The van der Waals surface area contributed by atoms with Crippen LogP contribution in [0.25, 0.3) is 11.4 Å². The van der Waals surface area contributed by atoms with Crippen molar-refractivity contribution in [2.75, 3.05) is 6.61 Å². The van der Waals surface area contributed by atoms with Crippen LogP contribution in [-0.2, 0) is 14.9 Å². The smallest absolute Gasteiger partial charge is 0.321 e. The summed E-state index contributed by atoms with van der Waals surface area (Å²) in [5, 5.41) is 3.97. The van der Waals surface area contributed by atoms with Crippen LogP contribution in [0.5, 0.6) is 0 Å². The topological polar surface area (TPSA) is 78.4 Å². The second kappa shape index (κ2) is 5.71. The number of carbonyl (C=O) groups excluding carboxylic acids is 1. The Morgan fingerprint density at radius 2 is 2.19 bits per heavy atom. The van der Waals surface area contributed by atoms with Crippen LogP contribution in [-0.4, -0.2) is 22.7 Å². The van der Waals surface area contributed by atoms with Crippen LogP contribution >= 0.6 is 0 Å². The quantitative estimate of drug-likeness (QED) is 0.805. The van der Waals surface area contributed by atoms with Crippen molar-refractivity contribution in [3.63, 3.8) is 0 Å². The average molecular weight is 290 g/mol. The van der Waals surface area contributed by atoms with Crippen molar-refractivity contribution in [2.24, 2.45) is 0 Å². The summed E-state index contributed by atoms with van der Waals surface area (Å²) in [5.41, 5.74) is -0.0525. The summed E-state index contributed by atoms with van der Waals surface area (Å²) in [5.74, 6) is 0.539. The molecule has 2 aromatic heterocycles. The van der Waals surface area contributed by atoms with Crippen molar-refractivity contribution in [1.29, 1.82) is 0 Å². The van der Waals surface area contributed by atoms with Gasteiger partial charge in [-0.2, -0.15) is 4.98 Å². The van der Waals surface area contributed by atoms with Crippen LogP contribution in [0.1, 0.15) is 44.9 Å². The van der Waals surface area contributed by atoms with E-state index in [1.807, 2.05) is 0 Å². The minimum Gasteiger partial charge on any atom is -0.472 e. The highest BCUT2D eigenvalue weighted by Gasteiger charge is 2.47. The summed E-state index contributed by atoms with van der Waals surface area (Å²) in [6, 6.07) is 1.76. The summed E-state index contributed by atoms with van der Waals surface area (Å²) >= 11 is 0. The van der Waals surface area contributed by atoms with E-state index in [4.69, 9.17) is 13.7 Å². The molecule has 0 atom stereocenters. The average Bonchev–Trinajstić information content (AvgIpc) is 3.19. The van der Waals surface area contributed by atoms with E-state index in [1.165, 1.54) is 0 Å². The highest BCUT2D eigenvalue weighted by Crippen LogP contribution is 2.40. The lowest BCUT2D eigenvalue weighted by Crippen LogP contribution is -2.39. The van der Waals surface area contributed by atoms with Gasteiger partial charge < -0.3 is 13.7 Å². The van der Waals surface area contributed by atoms with Crippen LogP contribution in [0.3, 0.4) is 0 Å². The lowest BCUT2D eigenvalue weighted by atomic mass is 9.74. The third-order valence-corrected chi connectivity index (χ3v) is 3.99. The molecule has 112 valence electrons. The molecule has 3 rings (SSSR count). The molecular formula is C15H18N2O4. The fourth-order valence-electron chi connectivity index (χ4n) is 2.86. The molecule has 0 aromatic carbocycles. The molecule has 21 heavy (non-hydrogen) atoms. The summed E-state index contributed by atoms with van der Waals surface area (Å²) in [6.45, 7) is 2.16. The molecule has 0 bridgehead atoms. The van der Waals surface area contributed by atoms with E-state index in [-0.39, 0.29) is 5.97 Å². The molecule has 2 heterocycles. The van der Waals surface area contributed by atoms with Gasteiger partial charge in [0, 0.05) is 0 Å². The van der Waals surface area contributed by atoms with Crippen molar-refractivity contribution in [2.45, 2.75) is 44.4 Å². The van der Waals surface area contributed by atoms with Crippen LogP contribution in [0.15, 0.2) is 27.5 Å². The van der Waals surface area contributed by atoms with Crippen molar-refractivity contribution >= 4 is 5.97 Å². The summed E-state index contributed by atoms with van der Waals surface area (Å²) in [6.07, 6.45) is 7.52. The Morgan fingerprint density at radius 3 is 2.86 bits per heavy atom. The van der Waals surface area contributed by atoms with Gasteiger partial charge in [0.15, 0.2) is 0 Å². The number of hydrogen-bond donors (Lipinski definition) is 0. The maximum atomic E-state index is 12.4. The molecule has 6 heteroatoms. The predicted octanol–water partition coefficient (Wildman–Crippen LogP) is 3.09. The maximum absolute atomic E-state index is 12.4. The zero-order valence-electron chi connectivity index (χ0n) is 12.0. The number of esters is 1. The minimum atomic E-state index is -0.788. The molecule has 0 spiro atoms. The van der Waals surface area contributed by atoms with Crippen molar-refractivity contribution in [3.05, 3.63) is 24.5 Å². The molecule has 2 aromatic rings. The van der Waals surface area contributed by atoms with Crippen molar-refractivity contribution in [1.82, 2.24) is 10.1 Å². The molecule has 0 aliphatic heterocycles. The molecule has 0 N–H and O–H groups in total. The Labute approximate surface area is 122 Å². The molecule has 1 fully saturated rings. The molecule has 0 amide bonds. The highest BCUT2D eigenvalue weighted by molar-refractivity contribution is 5.82. The number of aromatic nitrogens is 2. The number of hydrogen-bond acceptors (Lipinski definition) is 6. The fourth-order valence-corrected chi connectivity index (χ4v) is 2.86. The van der Waals surface area contributed by atoms with Crippen LogP contribution in [0, 0.1) is 0 Å². The summed E-state index contributed by atoms with van der Waals surface area (Å²) in [7, 11) is 0. The SMILES string of the molecule is CCOC(=O)C1(c2nc(-c3ccoc3)no2)CCCCC1. The molecule has 1 aliphatic rings. The number of furan rings is 1. The van der Waals surface area contributed by atoms with E-state index in [1.54, 1.807) is 25.5 Å². The third-order valence-electron chi connectivity index (χ3n) is 3.99. The van der Waals surface area contributed by atoms with Gasteiger partial charge >= 0.3 is 5.97 Å². The molecular weight excluding hydrogens is 272 g/mol. The Hall–Kier alpha value is -2.11. The van der Waals surface area contributed by atoms with Gasteiger partial charge in [0.25, 0.3) is 0 Å². The Bertz CT molecular complexity index is 597. The highest BCUT2D eigenvalue weighted by atomic mass is 16.5. The van der Waals surface area contributed by atoms with E-state index in [0.717, 1.165) is 24.8 Å². The van der Waals surface area contributed by atoms with Crippen LogP contribution in [0.2, 0.25) is 0 Å². The molecule has 1 saturated carbocycles. The second-order valence-corrected chi connectivity index (χ2v) is 5.30.